The minimum absolute atomic E-state index is 0.0233. The normalized spacial score (nSPS) is 12.4. The number of carbonyl (C=O) groups is 1. The predicted molar refractivity (Wildman–Crippen MR) is 90.4 cm³/mol. The molecule has 0 aliphatic heterocycles. The van der Waals surface area contributed by atoms with Crippen LogP contribution < -0.4 is 5.32 Å². The van der Waals surface area contributed by atoms with Crippen LogP contribution in [0, 0.1) is 0 Å². The van der Waals surface area contributed by atoms with Crippen LogP contribution in [0.3, 0.4) is 0 Å². The molecule has 0 aliphatic rings. The van der Waals surface area contributed by atoms with Crippen molar-refractivity contribution in [2.24, 2.45) is 0 Å². The van der Waals surface area contributed by atoms with E-state index in [1.807, 2.05) is 14.1 Å². The molecular weight excluding hydrogens is 316 g/mol. The number of benzene rings is 1. The lowest BCUT2D eigenvalue weighted by Crippen LogP contribution is -2.18. The van der Waals surface area contributed by atoms with Gasteiger partial charge in [-0.1, -0.05) is 23.7 Å². The summed E-state index contributed by atoms with van der Waals surface area (Å²) in [5, 5.41) is 17.6. The molecule has 2 N–H and O–H groups in total. The van der Waals surface area contributed by atoms with Gasteiger partial charge < -0.3 is 15.3 Å². The number of likely N-dealkylation sites (N-methyl/N-ethyl adjacent to an activating group) is 1. The lowest BCUT2D eigenvalue weighted by atomic mass is 10.1. The van der Waals surface area contributed by atoms with Gasteiger partial charge in [-0.15, -0.1) is 0 Å². The van der Waals surface area contributed by atoms with Gasteiger partial charge in [-0.3, -0.25) is 9.48 Å². The smallest absolute Gasteiger partial charge is 0.227 e. The highest BCUT2D eigenvalue weighted by Gasteiger charge is 2.13. The Morgan fingerprint density at radius 2 is 2.09 bits per heavy atom. The Bertz CT molecular complexity index is 640. The van der Waals surface area contributed by atoms with E-state index in [4.69, 9.17) is 11.6 Å². The number of carbonyl (C=O) groups excluding carboxylic acids is 1. The third-order valence-corrected chi connectivity index (χ3v) is 3.58. The highest BCUT2D eigenvalue weighted by molar-refractivity contribution is 6.30. The second-order valence-electron chi connectivity index (χ2n) is 5.62. The molecule has 2 rings (SSSR count). The molecule has 124 valence electrons. The van der Waals surface area contributed by atoms with Crippen molar-refractivity contribution in [2.75, 3.05) is 26.0 Å². The minimum Gasteiger partial charge on any atom is -0.388 e. The van der Waals surface area contributed by atoms with E-state index in [-0.39, 0.29) is 12.3 Å². The number of hydrogen-bond donors (Lipinski definition) is 2. The highest BCUT2D eigenvalue weighted by Crippen LogP contribution is 2.19. The number of hydrogen-bond acceptors (Lipinski definition) is 4. The molecule has 1 atom stereocenters. The summed E-state index contributed by atoms with van der Waals surface area (Å²) in [5.74, 6) is -0.264. The van der Waals surface area contributed by atoms with Crippen molar-refractivity contribution >= 4 is 23.2 Å². The summed E-state index contributed by atoms with van der Waals surface area (Å²) in [6.45, 7) is 1.61. The number of aliphatic hydroxyl groups excluding tert-OH is 1. The first-order valence-corrected chi connectivity index (χ1v) is 7.72. The standard InChI is InChI=1S/C16H21ClN4O2/c1-20(2)7-8-21-11-14(10-18-21)19-16(23)9-15(22)12-3-5-13(17)6-4-12/h3-6,10-11,15,22H,7-9H2,1-2H3,(H,19,23). The lowest BCUT2D eigenvalue weighted by Gasteiger charge is -2.11. The van der Waals surface area contributed by atoms with Crippen molar-refractivity contribution in [3.8, 4) is 0 Å². The van der Waals surface area contributed by atoms with Crippen LogP contribution in [-0.4, -0.2) is 46.3 Å². The van der Waals surface area contributed by atoms with E-state index < -0.39 is 6.10 Å². The van der Waals surface area contributed by atoms with Crippen molar-refractivity contribution < 1.29 is 9.90 Å². The molecule has 23 heavy (non-hydrogen) atoms. The Labute approximate surface area is 140 Å². The summed E-state index contributed by atoms with van der Waals surface area (Å²) >= 11 is 5.80. The maximum atomic E-state index is 12.0. The number of aromatic nitrogens is 2. The maximum Gasteiger partial charge on any atom is 0.227 e. The lowest BCUT2D eigenvalue weighted by molar-refractivity contribution is -0.118. The number of nitrogens with one attached hydrogen (secondary N) is 1. The minimum atomic E-state index is -0.865. The zero-order valence-corrected chi connectivity index (χ0v) is 14.0. The van der Waals surface area contributed by atoms with E-state index in [0.717, 1.165) is 13.1 Å². The van der Waals surface area contributed by atoms with Crippen molar-refractivity contribution in [1.82, 2.24) is 14.7 Å². The Hall–Kier alpha value is -1.89. The summed E-state index contributed by atoms with van der Waals surface area (Å²) in [6, 6.07) is 6.79. The van der Waals surface area contributed by atoms with E-state index in [1.54, 1.807) is 41.3 Å². The number of halogens is 1. The quantitative estimate of drug-likeness (QED) is 0.813. The van der Waals surface area contributed by atoms with E-state index in [2.05, 4.69) is 15.3 Å². The maximum absolute atomic E-state index is 12.0. The summed E-state index contributed by atoms with van der Waals surface area (Å²) < 4.78 is 1.77. The summed E-state index contributed by atoms with van der Waals surface area (Å²) in [5.41, 5.74) is 1.28. The van der Waals surface area contributed by atoms with Gasteiger partial charge in [0.05, 0.1) is 31.0 Å². The van der Waals surface area contributed by atoms with Crippen molar-refractivity contribution in [3.63, 3.8) is 0 Å². The Morgan fingerprint density at radius 1 is 1.39 bits per heavy atom. The Kier molecular flexibility index (Phi) is 6.15. The first-order valence-electron chi connectivity index (χ1n) is 7.34. The topological polar surface area (TPSA) is 70.4 Å². The molecule has 6 nitrogen and oxygen atoms in total. The molecule has 0 bridgehead atoms. The average molecular weight is 337 g/mol. The van der Waals surface area contributed by atoms with Gasteiger partial charge in [-0.05, 0) is 31.8 Å². The molecule has 1 heterocycles. The number of aliphatic hydroxyl groups is 1. The molecular formula is C16H21ClN4O2. The molecule has 1 aromatic heterocycles. The molecule has 0 radical (unpaired) electrons. The van der Waals surface area contributed by atoms with Crippen LogP contribution in [0.15, 0.2) is 36.7 Å². The van der Waals surface area contributed by atoms with Crippen LogP contribution in [0.4, 0.5) is 5.69 Å². The molecule has 7 heteroatoms. The van der Waals surface area contributed by atoms with Gasteiger partial charge in [0.2, 0.25) is 5.91 Å². The van der Waals surface area contributed by atoms with E-state index >= 15 is 0 Å². The van der Waals surface area contributed by atoms with Crippen LogP contribution in [0.1, 0.15) is 18.1 Å². The highest BCUT2D eigenvalue weighted by atomic mass is 35.5. The second kappa shape index (κ2) is 8.10. The van der Waals surface area contributed by atoms with Crippen LogP contribution in [0.25, 0.3) is 0 Å². The zero-order chi connectivity index (χ0) is 16.8. The van der Waals surface area contributed by atoms with Crippen LogP contribution in [-0.2, 0) is 11.3 Å². The monoisotopic (exact) mass is 336 g/mol. The Balaban J connectivity index is 1.85. The molecule has 0 fully saturated rings. The molecule has 1 unspecified atom stereocenters. The molecule has 0 spiro atoms. The van der Waals surface area contributed by atoms with E-state index in [0.29, 0.717) is 16.3 Å². The van der Waals surface area contributed by atoms with Gasteiger partial charge in [0.15, 0.2) is 0 Å². The SMILES string of the molecule is CN(C)CCn1cc(NC(=O)CC(O)c2ccc(Cl)cc2)cn1. The molecule has 0 saturated carbocycles. The van der Waals surface area contributed by atoms with Gasteiger partial charge >= 0.3 is 0 Å². The average Bonchev–Trinajstić information content (AvgIpc) is 2.93. The summed E-state index contributed by atoms with van der Waals surface area (Å²) in [4.78, 5) is 14.1. The molecule has 1 aromatic carbocycles. The van der Waals surface area contributed by atoms with E-state index in [1.165, 1.54) is 0 Å². The van der Waals surface area contributed by atoms with Crippen molar-refractivity contribution in [2.45, 2.75) is 19.1 Å². The summed E-state index contributed by atoms with van der Waals surface area (Å²) in [7, 11) is 3.98. The molecule has 2 aromatic rings. The van der Waals surface area contributed by atoms with E-state index in [9.17, 15) is 9.90 Å². The fourth-order valence-corrected chi connectivity index (χ4v) is 2.17. The Morgan fingerprint density at radius 3 is 2.74 bits per heavy atom. The fraction of sp³-hybridized carbons (Fsp3) is 0.375. The van der Waals surface area contributed by atoms with Crippen LogP contribution in [0.5, 0.6) is 0 Å². The number of anilines is 1. The van der Waals surface area contributed by atoms with Gasteiger partial charge in [0, 0.05) is 17.8 Å². The van der Waals surface area contributed by atoms with Crippen molar-refractivity contribution in [1.29, 1.82) is 0 Å². The number of nitrogens with zero attached hydrogens (tertiary/aromatic N) is 3. The van der Waals surface area contributed by atoms with Gasteiger partial charge in [0.25, 0.3) is 0 Å². The summed E-state index contributed by atoms with van der Waals surface area (Å²) in [6.07, 6.45) is 2.49. The van der Waals surface area contributed by atoms with Crippen LogP contribution >= 0.6 is 11.6 Å². The van der Waals surface area contributed by atoms with Gasteiger partial charge in [-0.2, -0.15) is 5.10 Å². The molecule has 0 aliphatic carbocycles. The third kappa shape index (κ3) is 5.67. The van der Waals surface area contributed by atoms with Gasteiger partial charge in [-0.25, -0.2) is 0 Å². The predicted octanol–water partition coefficient (Wildman–Crippen LogP) is 2.16. The van der Waals surface area contributed by atoms with Crippen LogP contribution in [0.2, 0.25) is 5.02 Å². The molecule has 1 amide bonds. The fourth-order valence-electron chi connectivity index (χ4n) is 2.04. The first-order chi connectivity index (χ1) is 10.9. The zero-order valence-electron chi connectivity index (χ0n) is 13.2. The number of rotatable bonds is 7. The largest absolute Gasteiger partial charge is 0.388 e. The second-order valence-corrected chi connectivity index (χ2v) is 6.05. The van der Waals surface area contributed by atoms with Gasteiger partial charge in [0.1, 0.15) is 0 Å². The third-order valence-electron chi connectivity index (χ3n) is 3.33. The number of amides is 1. The first kappa shape index (κ1) is 17.5. The molecule has 0 saturated heterocycles. The van der Waals surface area contributed by atoms with Crippen molar-refractivity contribution in [3.05, 3.63) is 47.2 Å².